The number of nitrogen functional groups attached to an aromatic ring is 1. The molecule has 3 N–H and O–H groups in total. The minimum absolute atomic E-state index is 0.165. The summed E-state index contributed by atoms with van der Waals surface area (Å²) in [5.74, 6) is 0.202. The van der Waals surface area contributed by atoms with Crippen molar-refractivity contribution in [2.75, 3.05) is 31.9 Å². The third kappa shape index (κ3) is 4.71. The van der Waals surface area contributed by atoms with E-state index in [0.29, 0.717) is 18.1 Å². The summed E-state index contributed by atoms with van der Waals surface area (Å²) in [4.78, 5) is 18.0. The van der Waals surface area contributed by atoms with Crippen LogP contribution in [0, 0.1) is 0 Å². The van der Waals surface area contributed by atoms with Gasteiger partial charge in [-0.15, -0.1) is 0 Å². The average molecular weight is 250 g/mol. The second-order valence-electron chi connectivity index (χ2n) is 4.08. The predicted octanol–water partition coefficient (Wildman–Crippen LogP) is 1.13. The lowest BCUT2D eigenvalue weighted by Gasteiger charge is -2.17. The van der Waals surface area contributed by atoms with Crippen molar-refractivity contribution in [1.82, 2.24) is 15.2 Å². The number of hydrogen-bond donors (Lipinski definition) is 2. The molecule has 0 fully saturated rings. The van der Waals surface area contributed by atoms with Gasteiger partial charge in [0.1, 0.15) is 11.5 Å². The summed E-state index contributed by atoms with van der Waals surface area (Å²) in [7, 11) is 0. The average Bonchev–Trinajstić information content (AvgIpc) is 2.38. The van der Waals surface area contributed by atoms with Gasteiger partial charge in [-0.3, -0.25) is 4.79 Å². The van der Waals surface area contributed by atoms with Crippen LogP contribution in [0.4, 0.5) is 5.82 Å². The van der Waals surface area contributed by atoms with Crippen molar-refractivity contribution >= 4 is 11.7 Å². The summed E-state index contributed by atoms with van der Waals surface area (Å²) >= 11 is 0. The Kier molecular flexibility index (Phi) is 6.14. The molecule has 0 bridgehead atoms. The van der Waals surface area contributed by atoms with Crippen LogP contribution in [0.2, 0.25) is 0 Å². The zero-order valence-electron chi connectivity index (χ0n) is 11.1. The first-order valence-corrected chi connectivity index (χ1v) is 6.40. The summed E-state index contributed by atoms with van der Waals surface area (Å²) in [6.07, 6.45) is 0.940. The van der Waals surface area contributed by atoms with Crippen molar-refractivity contribution in [3.05, 3.63) is 23.9 Å². The smallest absolute Gasteiger partial charge is 0.269 e. The summed E-state index contributed by atoms with van der Waals surface area (Å²) < 4.78 is 0. The fourth-order valence-corrected chi connectivity index (χ4v) is 1.71. The zero-order valence-corrected chi connectivity index (χ0v) is 11.1. The number of anilines is 1. The minimum atomic E-state index is -0.165. The zero-order chi connectivity index (χ0) is 13.4. The molecule has 100 valence electrons. The monoisotopic (exact) mass is 250 g/mol. The number of nitrogens with one attached hydrogen (secondary N) is 1. The second kappa shape index (κ2) is 7.66. The maximum Gasteiger partial charge on any atom is 0.269 e. The Labute approximate surface area is 108 Å². The molecule has 5 heteroatoms. The van der Waals surface area contributed by atoms with E-state index in [1.54, 1.807) is 18.2 Å². The first kappa shape index (κ1) is 14.4. The topological polar surface area (TPSA) is 71.2 Å². The molecule has 1 aromatic rings. The molecule has 18 heavy (non-hydrogen) atoms. The lowest BCUT2D eigenvalue weighted by molar-refractivity contribution is 0.0947. The number of carbonyl (C=O) groups excluding carboxylic acids is 1. The van der Waals surface area contributed by atoms with E-state index in [9.17, 15) is 4.79 Å². The Morgan fingerprint density at radius 1 is 1.39 bits per heavy atom. The van der Waals surface area contributed by atoms with Crippen LogP contribution in [0.15, 0.2) is 18.2 Å². The predicted molar refractivity (Wildman–Crippen MR) is 73.4 cm³/mol. The normalized spacial score (nSPS) is 10.6. The van der Waals surface area contributed by atoms with Crippen molar-refractivity contribution in [3.8, 4) is 0 Å². The number of rotatable bonds is 7. The Bertz CT molecular complexity index is 377. The molecule has 0 saturated heterocycles. The van der Waals surface area contributed by atoms with E-state index in [0.717, 1.165) is 26.1 Å². The number of nitrogens with two attached hydrogens (primary N) is 1. The summed E-state index contributed by atoms with van der Waals surface area (Å²) in [5, 5.41) is 2.85. The lowest BCUT2D eigenvalue weighted by atomic mass is 10.3. The molecule has 0 spiro atoms. The molecule has 1 aromatic heterocycles. The molecule has 0 radical (unpaired) electrons. The molecule has 0 atom stereocenters. The second-order valence-corrected chi connectivity index (χ2v) is 4.08. The van der Waals surface area contributed by atoms with Gasteiger partial charge in [0.15, 0.2) is 0 Å². The molecular formula is C13H22N4O. The van der Waals surface area contributed by atoms with Crippen LogP contribution in [0.3, 0.4) is 0 Å². The van der Waals surface area contributed by atoms with E-state index >= 15 is 0 Å². The first-order valence-electron chi connectivity index (χ1n) is 6.40. The highest BCUT2D eigenvalue weighted by atomic mass is 16.1. The van der Waals surface area contributed by atoms with Crippen molar-refractivity contribution in [2.45, 2.75) is 20.3 Å². The summed E-state index contributed by atoms with van der Waals surface area (Å²) in [5.41, 5.74) is 5.90. The van der Waals surface area contributed by atoms with Gasteiger partial charge in [-0.25, -0.2) is 4.98 Å². The van der Waals surface area contributed by atoms with E-state index in [2.05, 4.69) is 29.0 Å². The van der Waals surface area contributed by atoms with Gasteiger partial charge in [0, 0.05) is 6.54 Å². The van der Waals surface area contributed by atoms with Gasteiger partial charge in [-0.2, -0.15) is 0 Å². The van der Waals surface area contributed by atoms with Gasteiger partial charge in [-0.1, -0.05) is 19.9 Å². The maximum absolute atomic E-state index is 11.7. The molecule has 0 aromatic carbocycles. The number of hydrogen-bond acceptors (Lipinski definition) is 4. The highest BCUT2D eigenvalue weighted by molar-refractivity contribution is 5.92. The molecule has 1 rings (SSSR count). The van der Waals surface area contributed by atoms with Gasteiger partial charge < -0.3 is 16.0 Å². The maximum atomic E-state index is 11.7. The van der Waals surface area contributed by atoms with Crippen LogP contribution in [0.5, 0.6) is 0 Å². The van der Waals surface area contributed by atoms with E-state index in [1.165, 1.54) is 0 Å². The van der Waals surface area contributed by atoms with Crippen LogP contribution in [-0.2, 0) is 0 Å². The summed E-state index contributed by atoms with van der Waals surface area (Å²) in [6, 6.07) is 5.06. The molecular weight excluding hydrogens is 228 g/mol. The van der Waals surface area contributed by atoms with Crippen LogP contribution >= 0.6 is 0 Å². The van der Waals surface area contributed by atoms with Gasteiger partial charge >= 0.3 is 0 Å². The Morgan fingerprint density at radius 2 is 2.11 bits per heavy atom. The lowest BCUT2D eigenvalue weighted by Crippen LogP contribution is -2.30. The highest BCUT2D eigenvalue weighted by Crippen LogP contribution is 2.00. The van der Waals surface area contributed by atoms with E-state index in [1.807, 2.05) is 0 Å². The molecule has 0 aliphatic carbocycles. The van der Waals surface area contributed by atoms with Gasteiger partial charge in [0.05, 0.1) is 0 Å². The fourth-order valence-electron chi connectivity index (χ4n) is 1.71. The molecule has 0 unspecified atom stereocenters. The van der Waals surface area contributed by atoms with Crippen molar-refractivity contribution < 1.29 is 4.79 Å². The number of nitrogens with zero attached hydrogens (tertiary/aromatic N) is 2. The minimum Gasteiger partial charge on any atom is -0.384 e. The van der Waals surface area contributed by atoms with Crippen LogP contribution in [0.25, 0.3) is 0 Å². The number of carbonyl (C=O) groups is 1. The van der Waals surface area contributed by atoms with E-state index < -0.39 is 0 Å². The van der Waals surface area contributed by atoms with Crippen molar-refractivity contribution in [1.29, 1.82) is 0 Å². The first-order chi connectivity index (χ1) is 8.67. The Morgan fingerprint density at radius 3 is 2.72 bits per heavy atom. The fraction of sp³-hybridized carbons (Fsp3) is 0.538. The number of amides is 1. The van der Waals surface area contributed by atoms with E-state index in [-0.39, 0.29) is 5.91 Å². The van der Waals surface area contributed by atoms with Crippen LogP contribution < -0.4 is 11.1 Å². The molecule has 5 nitrogen and oxygen atoms in total. The SMILES string of the molecule is CCN(CC)CCCNC(=O)c1cccc(N)n1. The molecule has 1 amide bonds. The third-order valence-corrected chi connectivity index (χ3v) is 2.83. The largest absolute Gasteiger partial charge is 0.384 e. The molecule has 0 aliphatic heterocycles. The van der Waals surface area contributed by atoms with Crippen LogP contribution in [0.1, 0.15) is 30.8 Å². The molecule has 0 aliphatic rings. The van der Waals surface area contributed by atoms with Gasteiger partial charge in [-0.05, 0) is 38.2 Å². The van der Waals surface area contributed by atoms with Crippen molar-refractivity contribution in [2.24, 2.45) is 0 Å². The standard InChI is InChI=1S/C13H22N4O/c1-3-17(4-2)10-6-9-15-13(18)11-7-5-8-12(14)16-11/h5,7-8H,3-4,6,9-10H2,1-2H3,(H2,14,16)(H,15,18). The number of pyridine rings is 1. The molecule has 0 saturated carbocycles. The Balaban J connectivity index is 2.29. The van der Waals surface area contributed by atoms with E-state index in [4.69, 9.17) is 5.73 Å². The summed E-state index contributed by atoms with van der Waals surface area (Å²) in [6.45, 7) is 8.02. The Hall–Kier alpha value is -1.62. The van der Waals surface area contributed by atoms with Gasteiger partial charge in [0.2, 0.25) is 0 Å². The number of aromatic nitrogens is 1. The van der Waals surface area contributed by atoms with Crippen LogP contribution in [-0.4, -0.2) is 42.0 Å². The third-order valence-electron chi connectivity index (χ3n) is 2.83. The quantitative estimate of drug-likeness (QED) is 0.712. The van der Waals surface area contributed by atoms with Gasteiger partial charge in [0.25, 0.3) is 5.91 Å². The highest BCUT2D eigenvalue weighted by Gasteiger charge is 2.06. The molecule has 1 heterocycles. The van der Waals surface area contributed by atoms with Crippen molar-refractivity contribution in [3.63, 3.8) is 0 Å².